The summed E-state index contributed by atoms with van der Waals surface area (Å²) in [5.41, 5.74) is 3.09. The molecule has 0 spiro atoms. The van der Waals surface area contributed by atoms with Gasteiger partial charge in [0, 0.05) is 13.1 Å². The number of carbonyl (C=O) groups excluding carboxylic acids is 3. The third-order valence-electron chi connectivity index (χ3n) is 5.36. The molecule has 0 aliphatic carbocycles. The number of carbonyl (C=O) groups is 3. The predicted molar refractivity (Wildman–Crippen MR) is 133 cm³/mol. The van der Waals surface area contributed by atoms with Gasteiger partial charge in [-0.15, -0.1) is 0 Å². The molecule has 2 aromatic carbocycles. The second-order valence-corrected chi connectivity index (χ2v) is 9.98. The van der Waals surface area contributed by atoms with Gasteiger partial charge in [-0.1, -0.05) is 35.9 Å². The average Bonchev–Trinajstić information content (AvgIpc) is 3.38. The molecule has 0 atom stereocenters. The van der Waals surface area contributed by atoms with Crippen LogP contribution in [0.1, 0.15) is 29.5 Å². The number of ether oxygens (including phenoxy) is 1. The molecule has 3 amide bonds. The van der Waals surface area contributed by atoms with Crippen molar-refractivity contribution in [3.05, 3.63) is 67.6 Å². The molecule has 2 aromatic rings. The summed E-state index contributed by atoms with van der Waals surface area (Å²) < 4.78 is 6.86. The minimum atomic E-state index is -0.415. The van der Waals surface area contributed by atoms with Crippen molar-refractivity contribution in [3.63, 3.8) is 0 Å². The van der Waals surface area contributed by atoms with Crippen molar-refractivity contribution >= 4 is 57.5 Å². The van der Waals surface area contributed by atoms with Crippen LogP contribution in [0.3, 0.4) is 0 Å². The highest BCUT2D eigenvalue weighted by molar-refractivity contribution is 14.1. The molecule has 4 rings (SSSR count). The first-order valence-electron chi connectivity index (χ1n) is 10.4. The second kappa shape index (κ2) is 10.1. The first-order chi connectivity index (χ1) is 15.4. The number of hydrogen-bond donors (Lipinski definition) is 0. The Morgan fingerprint density at radius 1 is 1.16 bits per heavy atom. The SMILES string of the molecule is Cc1cccc(COc2ccc(/C=C3/SC(=O)N(CC(=O)N4CCCC4)C3=O)cc2I)c1. The standard InChI is InChI=1S/C24H23IN2O4S/c1-16-5-4-6-18(11-16)15-31-20-8-7-17(12-19(20)25)13-21-23(29)27(24(30)32-21)14-22(28)26-9-2-3-10-26/h4-8,11-13H,2-3,9-10,14-15H2,1H3/b21-13+. The van der Waals surface area contributed by atoms with Gasteiger partial charge in [0.05, 0.1) is 8.48 Å². The maximum absolute atomic E-state index is 12.7. The van der Waals surface area contributed by atoms with Crippen LogP contribution in [0.15, 0.2) is 47.4 Å². The zero-order valence-corrected chi connectivity index (χ0v) is 20.6. The summed E-state index contributed by atoms with van der Waals surface area (Å²) in [6.45, 7) is 3.72. The van der Waals surface area contributed by atoms with Crippen molar-refractivity contribution in [2.75, 3.05) is 19.6 Å². The van der Waals surface area contributed by atoms with E-state index >= 15 is 0 Å². The van der Waals surface area contributed by atoms with Gasteiger partial charge in [0.25, 0.3) is 11.1 Å². The minimum Gasteiger partial charge on any atom is -0.488 e. The molecule has 0 N–H and O–H groups in total. The minimum absolute atomic E-state index is 0.171. The number of likely N-dealkylation sites (tertiary alicyclic amines) is 1. The zero-order chi connectivity index (χ0) is 22.7. The van der Waals surface area contributed by atoms with E-state index in [0.29, 0.717) is 24.6 Å². The first kappa shape index (κ1) is 22.8. The van der Waals surface area contributed by atoms with E-state index in [0.717, 1.165) is 50.0 Å². The Hall–Kier alpha value is -2.33. The number of hydrogen-bond acceptors (Lipinski definition) is 5. The van der Waals surface area contributed by atoms with E-state index in [9.17, 15) is 14.4 Å². The molecule has 6 nitrogen and oxygen atoms in total. The lowest BCUT2D eigenvalue weighted by molar-refractivity contribution is -0.135. The van der Waals surface area contributed by atoms with E-state index in [1.807, 2.05) is 43.3 Å². The van der Waals surface area contributed by atoms with E-state index in [2.05, 4.69) is 28.7 Å². The fourth-order valence-electron chi connectivity index (χ4n) is 3.68. The summed E-state index contributed by atoms with van der Waals surface area (Å²) in [5.74, 6) is 0.173. The van der Waals surface area contributed by atoms with Crippen molar-refractivity contribution in [3.8, 4) is 5.75 Å². The quantitative estimate of drug-likeness (QED) is 0.373. The van der Waals surface area contributed by atoms with Gasteiger partial charge in [0.1, 0.15) is 18.9 Å². The molecule has 166 valence electrons. The summed E-state index contributed by atoms with van der Waals surface area (Å²) in [6, 6.07) is 13.8. The number of rotatable bonds is 6. The predicted octanol–water partition coefficient (Wildman–Crippen LogP) is 4.84. The van der Waals surface area contributed by atoms with Crippen LogP contribution < -0.4 is 4.74 Å². The molecular weight excluding hydrogens is 539 g/mol. The van der Waals surface area contributed by atoms with Crippen LogP contribution in [0.2, 0.25) is 0 Å². The Balaban J connectivity index is 1.41. The summed E-state index contributed by atoms with van der Waals surface area (Å²) in [5, 5.41) is -0.401. The average molecular weight is 562 g/mol. The van der Waals surface area contributed by atoms with Crippen LogP contribution >= 0.6 is 34.4 Å². The summed E-state index contributed by atoms with van der Waals surface area (Å²) in [6.07, 6.45) is 3.63. The number of amides is 3. The Morgan fingerprint density at radius 3 is 2.66 bits per heavy atom. The van der Waals surface area contributed by atoms with Crippen LogP contribution in [0.25, 0.3) is 6.08 Å². The highest BCUT2D eigenvalue weighted by Gasteiger charge is 2.37. The van der Waals surface area contributed by atoms with Crippen molar-refractivity contribution in [2.24, 2.45) is 0 Å². The second-order valence-electron chi connectivity index (χ2n) is 7.82. The number of aryl methyl sites for hydroxylation is 1. The van der Waals surface area contributed by atoms with Crippen LogP contribution in [0.4, 0.5) is 4.79 Å². The molecule has 0 bridgehead atoms. The highest BCUT2D eigenvalue weighted by atomic mass is 127. The molecule has 2 aliphatic heterocycles. The smallest absolute Gasteiger partial charge is 0.294 e. The van der Waals surface area contributed by atoms with E-state index < -0.39 is 11.1 Å². The van der Waals surface area contributed by atoms with Gasteiger partial charge in [0.2, 0.25) is 5.91 Å². The van der Waals surface area contributed by atoms with Gasteiger partial charge in [-0.25, -0.2) is 0 Å². The highest BCUT2D eigenvalue weighted by Crippen LogP contribution is 2.33. The molecule has 0 unspecified atom stereocenters. The lowest BCUT2D eigenvalue weighted by Crippen LogP contribution is -2.40. The Labute approximate surface area is 205 Å². The first-order valence-corrected chi connectivity index (χ1v) is 12.3. The van der Waals surface area contributed by atoms with Crippen LogP contribution in [0, 0.1) is 10.5 Å². The van der Waals surface area contributed by atoms with Crippen LogP contribution in [0.5, 0.6) is 5.75 Å². The molecule has 2 heterocycles. The van der Waals surface area contributed by atoms with Crippen molar-refractivity contribution in [1.82, 2.24) is 9.80 Å². The fourth-order valence-corrected chi connectivity index (χ4v) is 5.21. The largest absolute Gasteiger partial charge is 0.488 e. The summed E-state index contributed by atoms with van der Waals surface area (Å²) >= 11 is 3.07. The van der Waals surface area contributed by atoms with Crippen molar-refractivity contribution in [2.45, 2.75) is 26.4 Å². The van der Waals surface area contributed by atoms with Gasteiger partial charge in [0.15, 0.2) is 0 Å². The maximum atomic E-state index is 12.7. The molecule has 0 saturated carbocycles. The van der Waals surface area contributed by atoms with Crippen LogP contribution in [-0.2, 0) is 16.2 Å². The normalized spacial score (nSPS) is 17.5. The van der Waals surface area contributed by atoms with Gasteiger partial charge < -0.3 is 9.64 Å². The third kappa shape index (κ3) is 5.35. The summed E-state index contributed by atoms with van der Waals surface area (Å²) in [7, 11) is 0. The van der Waals surface area contributed by atoms with Crippen molar-refractivity contribution in [1.29, 1.82) is 0 Å². The van der Waals surface area contributed by atoms with Gasteiger partial charge in [-0.3, -0.25) is 19.3 Å². The van der Waals surface area contributed by atoms with Gasteiger partial charge in [-0.2, -0.15) is 0 Å². The molecule has 0 aromatic heterocycles. The lowest BCUT2D eigenvalue weighted by Gasteiger charge is -2.18. The number of halogens is 1. The van der Waals surface area contributed by atoms with E-state index in [4.69, 9.17) is 4.74 Å². The molecule has 2 saturated heterocycles. The summed E-state index contributed by atoms with van der Waals surface area (Å²) in [4.78, 5) is 40.5. The molecule has 2 fully saturated rings. The Morgan fingerprint density at radius 2 is 1.94 bits per heavy atom. The zero-order valence-electron chi connectivity index (χ0n) is 17.7. The lowest BCUT2D eigenvalue weighted by atomic mass is 10.1. The van der Waals surface area contributed by atoms with Crippen LogP contribution in [-0.4, -0.2) is 46.5 Å². The molecule has 8 heteroatoms. The van der Waals surface area contributed by atoms with E-state index in [1.165, 1.54) is 5.56 Å². The topological polar surface area (TPSA) is 66.9 Å². The monoisotopic (exact) mass is 562 g/mol. The van der Waals surface area contributed by atoms with Gasteiger partial charge in [-0.05, 0) is 83.5 Å². The van der Waals surface area contributed by atoms with Gasteiger partial charge >= 0.3 is 0 Å². The molecule has 2 aliphatic rings. The Kier molecular flexibility index (Phi) is 7.20. The number of benzene rings is 2. The van der Waals surface area contributed by atoms with E-state index in [1.54, 1.807) is 11.0 Å². The molecule has 0 radical (unpaired) electrons. The molecule has 32 heavy (non-hydrogen) atoms. The number of imide groups is 1. The third-order valence-corrected chi connectivity index (χ3v) is 7.11. The number of nitrogens with zero attached hydrogens (tertiary/aromatic N) is 2. The maximum Gasteiger partial charge on any atom is 0.294 e. The van der Waals surface area contributed by atoms with E-state index in [-0.39, 0.29) is 12.5 Å². The fraction of sp³-hybridized carbons (Fsp3) is 0.292. The number of thioether (sulfide) groups is 1. The Bertz CT molecular complexity index is 1100. The molecular formula is C24H23IN2O4S. The van der Waals surface area contributed by atoms with Crippen molar-refractivity contribution < 1.29 is 19.1 Å².